The van der Waals surface area contributed by atoms with Crippen LogP contribution in [0.25, 0.3) is 0 Å². The standard InChI is InChI=1S/C14H15N3O2/c1-9-12(8-16-19-9)14(18)17-6-2-3-10-7-11(15)4-5-13(10)17/h4-5,7-8H,2-3,6,15H2,1H3. The van der Waals surface area contributed by atoms with E-state index in [-0.39, 0.29) is 5.91 Å². The topological polar surface area (TPSA) is 72.4 Å². The summed E-state index contributed by atoms with van der Waals surface area (Å²) in [6.07, 6.45) is 3.36. The number of hydrogen-bond donors (Lipinski definition) is 1. The Balaban J connectivity index is 2.00. The van der Waals surface area contributed by atoms with Gasteiger partial charge in [-0.3, -0.25) is 4.79 Å². The number of rotatable bonds is 1. The summed E-state index contributed by atoms with van der Waals surface area (Å²) in [5, 5.41) is 3.67. The average Bonchev–Trinajstić information content (AvgIpc) is 2.83. The van der Waals surface area contributed by atoms with Crippen molar-refractivity contribution in [2.45, 2.75) is 19.8 Å². The molecule has 3 rings (SSSR count). The maximum atomic E-state index is 12.5. The largest absolute Gasteiger partial charge is 0.399 e. The molecule has 0 radical (unpaired) electrons. The number of benzene rings is 1. The fraction of sp³-hybridized carbons (Fsp3) is 0.286. The second kappa shape index (κ2) is 4.42. The number of carbonyl (C=O) groups is 1. The summed E-state index contributed by atoms with van der Waals surface area (Å²) in [7, 11) is 0. The number of carbonyl (C=O) groups excluding carboxylic acids is 1. The Morgan fingerprint density at radius 2 is 2.32 bits per heavy atom. The van der Waals surface area contributed by atoms with Crippen LogP contribution in [-0.2, 0) is 6.42 Å². The summed E-state index contributed by atoms with van der Waals surface area (Å²) in [5.74, 6) is 0.483. The molecule has 0 unspecified atom stereocenters. The van der Waals surface area contributed by atoms with E-state index in [1.807, 2.05) is 18.2 Å². The smallest absolute Gasteiger partial charge is 0.263 e. The van der Waals surface area contributed by atoms with Gasteiger partial charge in [0.15, 0.2) is 0 Å². The van der Waals surface area contributed by atoms with Crippen molar-refractivity contribution >= 4 is 17.3 Å². The van der Waals surface area contributed by atoms with Gasteiger partial charge in [0.1, 0.15) is 11.3 Å². The Labute approximate surface area is 111 Å². The van der Waals surface area contributed by atoms with Gasteiger partial charge in [0.2, 0.25) is 0 Å². The van der Waals surface area contributed by atoms with Crippen molar-refractivity contribution in [1.29, 1.82) is 0 Å². The predicted molar refractivity (Wildman–Crippen MR) is 72.1 cm³/mol. The summed E-state index contributed by atoms with van der Waals surface area (Å²) >= 11 is 0. The third kappa shape index (κ3) is 1.97. The van der Waals surface area contributed by atoms with Gasteiger partial charge in [-0.05, 0) is 43.5 Å². The maximum absolute atomic E-state index is 12.5. The molecule has 5 nitrogen and oxygen atoms in total. The third-order valence-electron chi connectivity index (χ3n) is 3.45. The van der Waals surface area contributed by atoms with E-state index in [2.05, 4.69) is 5.16 Å². The molecular weight excluding hydrogens is 242 g/mol. The van der Waals surface area contributed by atoms with E-state index in [1.54, 1.807) is 11.8 Å². The summed E-state index contributed by atoms with van der Waals surface area (Å²) < 4.78 is 4.97. The maximum Gasteiger partial charge on any atom is 0.263 e. The second-order valence-corrected chi connectivity index (χ2v) is 4.74. The fourth-order valence-corrected chi connectivity index (χ4v) is 2.48. The summed E-state index contributed by atoms with van der Waals surface area (Å²) in [4.78, 5) is 14.3. The number of amides is 1. The molecular formula is C14H15N3O2. The summed E-state index contributed by atoms with van der Waals surface area (Å²) in [6, 6.07) is 5.67. The van der Waals surface area contributed by atoms with Crippen LogP contribution in [0, 0.1) is 6.92 Å². The van der Waals surface area contributed by atoms with Crippen LogP contribution in [-0.4, -0.2) is 17.6 Å². The van der Waals surface area contributed by atoms with Crippen LogP contribution >= 0.6 is 0 Å². The molecule has 1 amide bonds. The number of nitrogens with two attached hydrogens (primary N) is 1. The number of aromatic nitrogens is 1. The van der Waals surface area contributed by atoms with Gasteiger partial charge < -0.3 is 15.2 Å². The molecule has 1 aliphatic heterocycles. The highest BCUT2D eigenvalue weighted by molar-refractivity contribution is 6.07. The van der Waals surface area contributed by atoms with E-state index in [9.17, 15) is 4.79 Å². The van der Waals surface area contributed by atoms with E-state index in [0.717, 1.165) is 29.8 Å². The molecule has 2 aromatic rings. The lowest BCUT2D eigenvalue weighted by molar-refractivity contribution is 0.0983. The molecule has 19 heavy (non-hydrogen) atoms. The molecule has 0 atom stereocenters. The van der Waals surface area contributed by atoms with Crippen molar-refractivity contribution in [1.82, 2.24) is 5.16 Å². The SMILES string of the molecule is Cc1oncc1C(=O)N1CCCc2cc(N)ccc21. The minimum Gasteiger partial charge on any atom is -0.399 e. The van der Waals surface area contributed by atoms with Crippen molar-refractivity contribution in [3.63, 3.8) is 0 Å². The van der Waals surface area contributed by atoms with E-state index in [0.29, 0.717) is 17.9 Å². The van der Waals surface area contributed by atoms with Crippen LogP contribution in [0.1, 0.15) is 28.1 Å². The highest BCUT2D eigenvalue weighted by Gasteiger charge is 2.26. The molecule has 98 valence electrons. The lowest BCUT2D eigenvalue weighted by Crippen LogP contribution is -2.35. The van der Waals surface area contributed by atoms with Gasteiger partial charge >= 0.3 is 0 Å². The zero-order valence-corrected chi connectivity index (χ0v) is 10.7. The Kier molecular flexibility index (Phi) is 2.74. The van der Waals surface area contributed by atoms with Crippen LogP contribution < -0.4 is 10.6 Å². The highest BCUT2D eigenvalue weighted by atomic mass is 16.5. The average molecular weight is 257 g/mol. The molecule has 0 aliphatic carbocycles. The van der Waals surface area contributed by atoms with E-state index >= 15 is 0 Å². The zero-order valence-electron chi connectivity index (χ0n) is 10.7. The molecule has 1 aromatic heterocycles. The molecule has 5 heteroatoms. The molecule has 0 saturated carbocycles. The molecule has 0 fully saturated rings. The van der Waals surface area contributed by atoms with Crippen molar-refractivity contribution in [2.24, 2.45) is 0 Å². The predicted octanol–water partition coefficient (Wildman–Crippen LogP) is 2.16. The molecule has 1 aliphatic rings. The first-order valence-electron chi connectivity index (χ1n) is 6.28. The third-order valence-corrected chi connectivity index (χ3v) is 3.45. The molecule has 0 bridgehead atoms. The summed E-state index contributed by atoms with van der Waals surface area (Å²) in [5.41, 5.74) is 9.10. The summed E-state index contributed by atoms with van der Waals surface area (Å²) in [6.45, 7) is 2.45. The van der Waals surface area contributed by atoms with Crippen molar-refractivity contribution < 1.29 is 9.32 Å². The Hall–Kier alpha value is -2.30. The molecule has 2 heterocycles. The normalized spacial score (nSPS) is 14.3. The lowest BCUT2D eigenvalue weighted by atomic mass is 10.0. The molecule has 0 spiro atoms. The molecule has 2 N–H and O–H groups in total. The monoisotopic (exact) mass is 257 g/mol. The van der Waals surface area contributed by atoms with Gasteiger partial charge in [0.25, 0.3) is 5.91 Å². The number of anilines is 2. The number of hydrogen-bond acceptors (Lipinski definition) is 4. The first-order valence-corrected chi connectivity index (χ1v) is 6.28. The van der Waals surface area contributed by atoms with Gasteiger partial charge in [-0.15, -0.1) is 0 Å². The first kappa shape index (κ1) is 11.8. The van der Waals surface area contributed by atoms with Crippen LogP contribution in [0.4, 0.5) is 11.4 Å². The minimum atomic E-state index is -0.0653. The Morgan fingerprint density at radius 3 is 3.05 bits per heavy atom. The van der Waals surface area contributed by atoms with Crippen LogP contribution in [0.3, 0.4) is 0 Å². The van der Waals surface area contributed by atoms with Gasteiger partial charge in [-0.25, -0.2) is 0 Å². The number of nitrogens with zero attached hydrogens (tertiary/aromatic N) is 2. The number of fused-ring (bicyclic) bond motifs is 1. The second-order valence-electron chi connectivity index (χ2n) is 4.74. The van der Waals surface area contributed by atoms with Crippen molar-refractivity contribution in [3.05, 3.63) is 41.3 Å². The highest BCUT2D eigenvalue weighted by Crippen LogP contribution is 2.30. The molecule has 0 saturated heterocycles. The van der Waals surface area contributed by atoms with Gasteiger partial charge in [0, 0.05) is 17.9 Å². The van der Waals surface area contributed by atoms with Gasteiger partial charge in [-0.1, -0.05) is 5.16 Å². The van der Waals surface area contributed by atoms with Crippen molar-refractivity contribution in [3.8, 4) is 0 Å². The van der Waals surface area contributed by atoms with E-state index in [1.165, 1.54) is 6.20 Å². The van der Waals surface area contributed by atoms with Crippen molar-refractivity contribution in [2.75, 3.05) is 17.2 Å². The minimum absolute atomic E-state index is 0.0653. The van der Waals surface area contributed by atoms with E-state index < -0.39 is 0 Å². The fourth-order valence-electron chi connectivity index (χ4n) is 2.48. The van der Waals surface area contributed by atoms with E-state index in [4.69, 9.17) is 10.3 Å². The van der Waals surface area contributed by atoms with Crippen LogP contribution in [0.15, 0.2) is 28.9 Å². The van der Waals surface area contributed by atoms with Gasteiger partial charge in [-0.2, -0.15) is 0 Å². The molecule has 1 aromatic carbocycles. The van der Waals surface area contributed by atoms with Crippen LogP contribution in [0.5, 0.6) is 0 Å². The van der Waals surface area contributed by atoms with Crippen LogP contribution in [0.2, 0.25) is 0 Å². The lowest BCUT2D eigenvalue weighted by Gasteiger charge is -2.29. The van der Waals surface area contributed by atoms with Gasteiger partial charge in [0.05, 0.1) is 6.20 Å². The number of aryl methyl sites for hydroxylation is 2. The number of nitrogen functional groups attached to an aromatic ring is 1. The Morgan fingerprint density at radius 1 is 1.47 bits per heavy atom. The Bertz CT molecular complexity index is 633. The zero-order chi connectivity index (χ0) is 13.4. The quantitative estimate of drug-likeness (QED) is 0.794. The first-order chi connectivity index (χ1) is 9.16.